The molecule has 3 N–H and O–H groups in total. The quantitative estimate of drug-likeness (QED) is 0.648. The normalized spacial score (nSPS) is 11.7. The van der Waals surface area contributed by atoms with Crippen molar-refractivity contribution in [3.8, 4) is 5.75 Å². The molecule has 0 radical (unpaired) electrons. The second-order valence-electron chi connectivity index (χ2n) is 4.03. The van der Waals surface area contributed by atoms with Gasteiger partial charge >= 0.3 is 5.97 Å². The summed E-state index contributed by atoms with van der Waals surface area (Å²) in [6.45, 7) is -0.336. The van der Waals surface area contributed by atoms with Gasteiger partial charge < -0.3 is 20.3 Å². The van der Waals surface area contributed by atoms with Gasteiger partial charge in [0.25, 0.3) is 0 Å². The molecule has 0 fully saturated rings. The molecule has 1 rings (SSSR count). The molecular formula is C13H16FNO5. The van der Waals surface area contributed by atoms with Crippen LogP contribution in [0, 0.1) is 5.82 Å². The van der Waals surface area contributed by atoms with Gasteiger partial charge in [-0.05, 0) is 12.1 Å². The second-order valence-corrected chi connectivity index (χ2v) is 4.03. The minimum Gasteiger partial charge on any atom is -0.493 e. The number of amides is 1. The number of carboxylic acid groups (broad SMARTS) is 1. The molecule has 0 aliphatic heterocycles. The van der Waals surface area contributed by atoms with Crippen LogP contribution in [0.2, 0.25) is 0 Å². The van der Waals surface area contributed by atoms with Gasteiger partial charge in [-0.25, -0.2) is 9.18 Å². The van der Waals surface area contributed by atoms with E-state index in [-0.39, 0.29) is 26.1 Å². The molecule has 6 nitrogen and oxygen atoms in total. The summed E-state index contributed by atoms with van der Waals surface area (Å²) < 4.78 is 18.0. The van der Waals surface area contributed by atoms with Gasteiger partial charge in [0.2, 0.25) is 5.91 Å². The first kappa shape index (κ1) is 15.9. The molecule has 1 atom stereocenters. The number of carboxylic acids is 1. The maximum atomic E-state index is 12.9. The number of halogens is 1. The fourth-order valence-electron chi connectivity index (χ4n) is 1.47. The Bertz CT molecular complexity index is 466. The minimum atomic E-state index is -1.21. The lowest BCUT2D eigenvalue weighted by atomic mass is 10.2. The van der Waals surface area contributed by atoms with Crippen molar-refractivity contribution in [2.24, 2.45) is 0 Å². The van der Waals surface area contributed by atoms with Gasteiger partial charge in [0, 0.05) is 19.1 Å². The molecule has 20 heavy (non-hydrogen) atoms. The van der Waals surface area contributed by atoms with E-state index < -0.39 is 23.7 Å². The van der Waals surface area contributed by atoms with E-state index in [1.807, 2.05) is 0 Å². The van der Waals surface area contributed by atoms with Crippen molar-refractivity contribution < 1.29 is 28.9 Å². The van der Waals surface area contributed by atoms with Gasteiger partial charge in [-0.1, -0.05) is 6.07 Å². The Morgan fingerprint density at radius 3 is 2.75 bits per heavy atom. The summed E-state index contributed by atoms with van der Waals surface area (Å²) >= 11 is 0. The number of aliphatic hydroxyl groups is 1. The van der Waals surface area contributed by atoms with Gasteiger partial charge in [0.05, 0.1) is 13.0 Å². The van der Waals surface area contributed by atoms with Crippen molar-refractivity contribution in [1.29, 1.82) is 0 Å². The molecule has 0 saturated heterocycles. The van der Waals surface area contributed by atoms with Crippen LogP contribution >= 0.6 is 0 Å². The molecule has 0 spiro atoms. The van der Waals surface area contributed by atoms with E-state index in [4.69, 9.17) is 14.9 Å². The van der Waals surface area contributed by atoms with Crippen molar-refractivity contribution in [3.63, 3.8) is 0 Å². The van der Waals surface area contributed by atoms with Gasteiger partial charge in [0.1, 0.15) is 17.6 Å². The highest BCUT2D eigenvalue weighted by Crippen LogP contribution is 2.11. The average Bonchev–Trinajstić information content (AvgIpc) is 2.38. The molecule has 0 aliphatic rings. The lowest BCUT2D eigenvalue weighted by Crippen LogP contribution is -2.41. The van der Waals surface area contributed by atoms with Gasteiger partial charge in [-0.3, -0.25) is 4.79 Å². The van der Waals surface area contributed by atoms with Crippen LogP contribution in [0.25, 0.3) is 0 Å². The highest BCUT2D eigenvalue weighted by atomic mass is 19.1. The standard InChI is InChI=1S/C13H16FNO5/c14-9-2-1-3-10(8-9)20-7-5-12(17)15-11(4-6-16)13(18)19/h1-3,8,11,16H,4-7H2,(H,15,17)(H,18,19)/t11-/m0/s1. The zero-order chi connectivity index (χ0) is 15.0. The van der Waals surface area contributed by atoms with Gasteiger partial charge in [0.15, 0.2) is 0 Å². The number of ether oxygens (including phenoxy) is 1. The monoisotopic (exact) mass is 285 g/mol. The Balaban J connectivity index is 2.34. The third-order valence-corrected chi connectivity index (χ3v) is 2.45. The molecule has 1 aromatic carbocycles. The SMILES string of the molecule is O=C(CCOc1cccc(F)c1)N[C@@H](CCO)C(=O)O. The summed E-state index contributed by atoms with van der Waals surface area (Å²) in [5.74, 6) is -1.87. The first-order valence-corrected chi connectivity index (χ1v) is 6.04. The Morgan fingerprint density at radius 2 is 2.15 bits per heavy atom. The average molecular weight is 285 g/mol. The third kappa shape index (κ3) is 5.66. The number of hydrogen-bond donors (Lipinski definition) is 3. The number of rotatable bonds is 8. The fourth-order valence-corrected chi connectivity index (χ4v) is 1.47. The van der Waals surface area contributed by atoms with Crippen LogP contribution < -0.4 is 10.1 Å². The zero-order valence-corrected chi connectivity index (χ0v) is 10.7. The summed E-state index contributed by atoms with van der Waals surface area (Å²) in [5.41, 5.74) is 0. The molecule has 0 aromatic heterocycles. The predicted octanol–water partition coefficient (Wildman–Crippen LogP) is 0.546. The van der Waals surface area contributed by atoms with Crippen LogP contribution in [0.1, 0.15) is 12.8 Å². The van der Waals surface area contributed by atoms with Crippen molar-refractivity contribution in [3.05, 3.63) is 30.1 Å². The molecular weight excluding hydrogens is 269 g/mol. The molecule has 0 aliphatic carbocycles. The lowest BCUT2D eigenvalue weighted by molar-refractivity contribution is -0.142. The second kappa shape index (κ2) is 8.11. The summed E-state index contributed by atoms with van der Waals surface area (Å²) in [5, 5.41) is 19.7. The Kier molecular flexibility index (Phi) is 6.45. The van der Waals surface area contributed by atoms with Crippen LogP contribution in [0.5, 0.6) is 5.75 Å². The molecule has 7 heteroatoms. The van der Waals surface area contributed by atoms with Crippen molar-refractivity contribution in [2.45, 2.75) is 18.9 Å². The Hall–Kier alpha value is -2.15. The number of aliphatic hydroxyl groups excluding tert-OH is 1. The topological polar surface area (TPSA) is 95.9 Å². The molecule has 0 unspecified atom stereocenters. The predicted molar refractivity (Wildman–Crippen MR) is 67.8 cm³/mol. The number of nitrogens with one attached hydrogen (secondary N) is 1. The highest BCUT2D eigenvalue weighted by molar-refractivity contribution is 5.83. The van der Waals surface area contributed by atoms with E-state index in [9.17, 15) is 14.0 Å². The van der Waals surface area contributed by atoms with Crippen LogP contribution in [0.3, 0.4) is 0 Å². The van der Waals surface area contributed by atoms with Crippen molar-refractivity contribution >= 4 is 11.9 Å². The highest BCUT2D eigenvalue weighted by Gasteiger charge is 2.18. The fraction of sp³-hybridized carbons (Fsp3) is 0.385. The van der Waals surface area contributed by atoms with E-state index in [0.29, 0.717) is 5.75 Å². The first-order valence-electron chi connectivity index (χ1n) is 6.04. The largest absolute Gasteiger partial charge is 0.493 e. The van der Waals surface area contributed by atoms with Crippen LogP contribution in [-0.2, 0) is 9.59 Å². The molecule has 0 bridgehead atoms. The van der Waals surface area contributed by atoms with E-state index in [1.54, 1.807) is 6.07 Å². The van der Waals surface area contributed by atoms with E-state index in [1.165, 1.54) is 18.2 Å². The number of hydrogen-bond acceptors (Lipinski definition) is 4. The van der Waals surface area contributed by atoms with E-state index in [2.05, 4.69) is 5.32 Å². The lowest BCUT2D eigenvalue weighted by Gasteiger charge is -2.13. The van der Waals surface area contributed by atoms with Gasteiger partial charge in [-0.2, -0.15) is 0 Å². The zero-order valence-electron chi connectivity index (χ0n) is 10.7. The summed E-state index contributed by atoms with van der Waals surface area (Å²) in [4.78, 5) is 22.2. The molecule has 1 amide bonds. The first-order chi connectivity index (χ1) is 9.52. The number of carbonyl (C=O) groups is 2. The molecule has 0 saturated carbocycles. The van der Waals surface area contributed by atoms with E-state index in [0.717, 1.165) is 0 Å². The van der Waals surface area contributed by atoms with Crippen LogP contribution in [-0.4, -0.2) is 41.3 Å². The van der Waals surface area contributed by atoms with E-state index >= 15 is 0 Å². The van der Waals surface area contributed by atoms with Crippen molar-refractivity contribution in [1.82, 2.24) is 5.32 Å². The van der Waals surface area contributed by atoms with Gasteiger partial charge in [-0.15, -0.1) is 0 Å². The maximum Gasteiger partial charge on any atom is 0.326 e. The van der Waals surface area contributed by atoms with Crippen LogP contribution in [0.15, 0.2) is 24.3 Å². The molecule has 110 valence electrons. The Morgan fingerprint density at radius 1 is 1.40 bits per heavy atom. The van der Waals surface area contributed by atoms with Crippen LogP contribution in [0.4, 0.5) is 4.39 Å². The number of carbonyl (C=O) groups excluding carboxylic acids is 1. The maximum absolute atomic E-state index is 12.9. The van der Waals surface area contributed by atoms with Crippen molar-refractivity contribution in [2.75, 3.05) is 13.2 Å². The molecule has 0 heterocycles. The molecule has 1 aromatic rings. The number of benzene rings is 1. The minimum absolute atomic E-state index is 0.000745. The number of aliphatic carboxylic acids is 1. The summed E-state index contributed by atoms with van der Waals surface area (Å²) in [7, 11) is 0. The smallest absolute Gasteiger partial charge is 0.326 e. The summed E-state index contributed by atoms with van der Waals surface area (Å²) in [6.07, 6.45) is -0.127. The summed E-state index contributed by atoms with van der Waals surface area (Å²) in [6, 6.07) is 4.36. The third-order valence-electron chi connectivity index (χ3n) is 2.45. The Labute approximate surface area is 115 Å².